The van der Waals surface area contributed by atoms with Gasteiger partial charge in [-0.1, -0.05) is 23.7 Å². The first kappa shape index (κ1) is 17.5. The fraction of sp³-hybridized carbons (Fsp3) is 0.562. The van der Waals surface area contributed by atoms with Gasteiger partial charge in [-0.15, -0.1) is 12.4 Å². The number of amides is 1. The fourth-order valence-corrected chi connectivity index (χ4v) is 3.72. The molecule has 22 heavy (non-hydrogen) atoms. The lowest BCUT2D eigenvalue weighted by Gasteiger charge is -2.17. The van der Waals surface area contributed by atoms with Crippen molar-refractivity contribution in [1.29, 1.82) is 0 Å². The summed E-state index contributed by atoms with van der Waals surface area (Å²) in [5.74, 6) is 1.37. The molecule has 2 fully saturated rings. The monoisotopic (exact) mass is 343 g/mol. The highest BCUT2D eigenvalue weighted by Gasteiger charge is 2.41. The summed E-state index contributed by atoms with van der Waals surface area (Å²) in [4.78, 5) is 14.3. The van der Waals surface area contributed by atoms with E-state index in [1.165, 1.54) is 6.42 Å². The standard InChI is InChI=1S/C16H22ClN3O.ClH/c17-13-4-1-11(2-5-13)7-19-16(21)10-20-8-12-3-6-15(18)14(12)9-20;/h1-2,4-5,12,14-15H,3,6-10,18H2,(H,19,21);1H. The number of hydrogen-bond acceptors (Lipinski definition) is 3. The molecule has 3 N–H and O–H groups in total. The third-order valence-electron chi connectivity index (χ3n) is 4.76. The van der Waals surface area contributed by atoms with Crippen LogP contribution in [0.3, 0.4) is 0 Å². The first-order valence-corrected chi connectivity index (χ1v) is 7.98. The Morgan fingerprint density at radius 3 is 2.68 bits per heavy atom. The molecule has 1 saturated carbocycles. The predicted octanol–water partition coefficient (Wildman–Crippen LogP) is 2.05. The van der Waals surface area contributed by atoms with Crippen LogP contribution in [0.15, 0.2) is 24.3 Å². The van der Waals surface area contributed by atoms with Gasteiger partial charge in [0.1, 0.15) is 0 Å². The Bertz CT molecular complexity index is 509. The molecule has 0 bridgehead atoms. The van der Waals surface area contributed by atoms with Gasteiger partial charge in [-0.2, -0.15) is 0 Å². The Balaban J connectivity index is 0.00000176. The summed E-state index contributed by atoms with van der Waals surface area (Å²) in [6, 6.07) is 7.87. The van der Waals surface area contributed by atoms with E-state index < -0.39 is 0 Å². The van der Waals surface area contributed by atoms with Crippen LogP contribution >= 0.6 is 24.0 Å². The largest absolute Gasteiger partial charge is 0.351 e. The number of hydrogen-bond donors (Lipinski definition) is 2. The van der Waals surface area contributed by atoms with Crippen molar-refractivity contribution in [1.82, 2.24) is 10.2 Å². The number of nitrogens with two attached hydrogens (primary N) is 1. The first-order valence-electron chi connectivity index (χ1n) is 7.61. The molecule has 2 aliphatic rings. The summed E-state index contributed by atoms with van der Waals surface area (Å²) in [5, 5.41) is 3.68. The third kappa shape index (κ3) is 4.13. The molecule has 3 rings (SSSR count). The molecule has 0 radical (unpaired) electrons. The predicted molar refractivity (Wildman–Crippen MR) is 91.2 cm³/mol. The zero-order valence-corrected chi connectivity index (χ0v) is 14.1. The first-order chi connectivity index (χ1) is 10.1. The molecule has 1 aromatic carbocycles. The maximum absolute atomic E-state index is 12.0. The summed E-state index contributed by atoms with van der Waals surface area (Å²) in [6.45, 7) is 3.02. The highest BCUT2D eigenvalue weighted by atomic mass is 35.5. The van der Waals surface area contributed by atoms with Crippen LogP contribution in [0.1, 0.15) is 18.4 Å². The van der Waals surface area contributed by atoms with E-state index in [2.05, 4.69) is 10.2 Å². The van der Waals surface area contributed by atoms with Crippen LogP contribution in [-0.4, -0.2) is 36.5 Å². The molecular formula is C16H23Cl2N3O. The lowest BCUT2D eigenvalue weighted by molar-refractivity contribution is -0.122. The molecule has 122 valence electrons. The van der Waals surface area contributed by atoms with Crippen molar-refractivity contribution in [2.45, 2.75) is 25.4 Å². The minimum Gasteiger partial charge on any atom is -0.351 e. The number of fused-ring (bicyclic) bond motifs is 1. The van der Waals surface area contributed by atoms with Gasteiger partial charge in [0.05, 0.1) is 6.54 Å². The Labute approximate surface area is 142 Å². The number of nitrogens with zero attached hydrogens (tertiary/aromatic N) is 1. The number of rotatable bonds is 4. The number of carbonyl (C=O) groups is 1. The van der Waals surface area contributed by atoms with Crippen LogP contribution in [0.25, 0.3) is 0 Å². The number of benzene rings is 1. The van der Waals surface area contributed by atoms with Crippen LogP contribution in [0.5, 0.6) is 0 Å². The fourth-order valence-electron chi connectivity index (χ4n) is 3.59. The van der Waals surface area contributed by atoms with E-state index >= 15 is 0 Å². The molecule has 1 aliphatic carbocycles. The van der Waals surface area contributed by atoms with Crippen molar-refractivity contribution < 1.29 is 4.79 Å². The molecule has 1 saturated heterocycles. The molecule has 1 heterocycles. The van der Waals surface area contributed by atoms with Gasteiger partial charge in [-0.3, -0.25) is 9.69 Å². The maximum Gasteiger partial charge on any atom is 0.234 e. The van der Waals surface area contributed by atoms with Crippen molar-refractivity contribution in [2.24, 2.45) is 17.6 Å². The molecule has 3 unspecified atom stereocenters. The number of halogens is 2. The van der Waals surface area contributed by atoms with Gasteiger partial charge in [0.15, 0.2) is 0 Å². The maximum atomic E-state index is 12.0. The Hall–Kier alpha value is -0.810. The summed E-state index contributed by atoms with van der Waals surface area (Å²) in [5.41, 5.74) is 7.18. The Morgan fingerprint density at radius 2 is 2.00 bits per heavy atom. The van der Waals surface area contributed by atoms with Gasteiger partial charge in [0.25, 0.3) is 0 Å². The Kier molecular flexibility index (Phi) is 6.09. The topological polar surface area (TPSA) is 58.4 Å². The molecule has 1 aliphatic heterocycles. The van der Waals surface area contributed by atoms with Crippen molar-refractivity contribution in [2.75, 3.05) is 19.6 Å². The quantitative estimate of drug-likeness (QED) is 0.879. The minimum absolute atomic E-state index is 0. The Morgan fingerprint density at radius 1 is 1.27 bits per heavy atom. The lowest BCUT2D eigenvalue weighted by atomic mass is 9.98. The molecule has 6 heteroatoms. The summed E-state index contributed by atoms with van der Waals surface area (Å²) in [6.07, 6.45) is 2.36. The van der Waals surface area contributed by atoms with E-state index in [4.69, 9.17) is 17.3 Å². The van der Waals surface area contributed by atoms with Gasteiger partial charge in [0, 0.05) is 30.7 Å². The van der Waals surface area contributed by atoms with Crippen LogP contribution in [0.4, 0.5) is 0 Å². The molecule has 3 atom stereocenters. The highest BCUT2D eigenvalue weighted by Crippen LogP contribution is 2.36. The second kappa shape index (κ2) is 7.64. The molecule has 1 amide bonds. The molecular weight excluding hydrogens is 321 g/mol. The van der Waals surface area contributed by atoms with Gasteiger partial charge in [-0.25, -0.2) is 0 Å². The zero-order chi connectivity index (χ0) is 14.8. The number of carbonyl (C=O) groups excluding carboxylic acids is 1. The van der Waals surface area contributed by atoms with E-state index in [1.54, 1.807) is 0 Å². The normalized spacial score (nSPS) is 27.3. The molecule has 0 aromatic heterocycles. The molecule has 1 aromatic rings. The minimum atomic E-state index is 0. The van der Waals surface area contributed by atoms with Gasteiger partial charge < -0.3 is 11.1 Å². The highest BCUT2D eigenvalue weighted by molar-refractivity contribution is 6.30. The third-order valence-corrected chi connectivity index (χ3v) is 5.01. The van der Waals surface area contributed by atoms with Crippen molar-refractivity contribution in [3.63, 3.8) is 0 Å². The number of likely N-dealkylation sites (tertiary alicyclic amines) is 1. The van der Waals surface area contributed by atoms with Gasteiger partial charge >= 0.3 is 0 Å². The van der Waals surface area contributed by atoms with Crippen LogP contribution in [-0.2, 0) is 11.3 Å². The van der Waals surface area contributed by atoms with E-state index in [1.807, 2.05) is 24.3 Å². The van der Waals surface area contributed by atoms with Gasteiger partial charge in [0.2, 0.25) is 5.91 Å². The van der Waals surface area contributed by atoms with Crippen LogP contribution in [0.2, 0.25) is 5.02 Å². The summed E-state index contributed by atoms with van der Waals surface area (Å²) in [7, 11) is 0. The van der Waals surface area contributed by atoms with E-state index in [-0.39, 0.29) is 18.3 Å². The van der Waals surface area contributed by atoms with E-state index in [9.17, 15) is 4.79 Å². The van der Waals surface area contributed by atoms with Crippen molar-refractivity contribution in [3.8, 4) is 0 Å². The lowest BCUT2D eigenvalue weighted by Crippen LogP contribution is -2.37. The van der Waals surface area contributed by atoms with E-state index in [0.717, 1.165) is 25.1 Å². The molecule has 0 spiro atoms. The second-order valence-electron chi connectivity index (χ2n) is 6.26. The van der Waals surface area contributed by atoms with Crippen molar-refractivity contribution >= 4 is 29.9 Å². The number of nitrogens with one attached hydrogen (secondary N) is 1. The average molecular weight is 344 g/mol. The smallest absolute Gasteiger partial charge is 0.234 e. The summed E-state index contributed by atoms with van der Waals surface area (Å²) < 4.78 is 0. The zero-order valence-electron chi connectivity index (χ0n) is 12.5. The van der Waals surface area contributed by atoms with E-state index in [0.29, 0.717) is 36.0 Å². The molecule has 4 nitrogen and oxygen atoms in total. The van der Waals surface area contributed by atoms with Gasteiger partial charge in [-0.05, 0) is 42.4 Å². The SMILES string of the molecule is Cl.NC1CCC2CN(CC(=O)NCc3ccc(Cl)cc3)CC12. The summed E-state index contributed by atoms with van der Waals surface area (Å²) >= 11 is 5.84. The second-order valence-corrected chi connectivity index (χ2v) is 6.70. The van der Waals surface area contributed by atoms with Crippen LogP contribution < -0.4 is 11.1 Å². The van der Waals surface area contributed by atoms with Crippen LogP contribution in [0, 0.1) is 11.8 Å². The average Bonchev–Trinajstić information content (AvgIpc) is 3.00. The van der Waals surface area contributed by atoms with Crippen molar-refractivity contribution in [3.05, 3.63) is 34.9 Å².